The van der Waals surface area contributed by atoms with Gasteiger partial charge in [0.2, 0.25) is 0 Å². The molecule has 0 saturated carbocycles. The number of anilines is 1. The molecular weight excluding hydrogens is 440 g/mol. The standard InChI is InChI=1S/C26H32N8O/c1-5-20-16-33(23-13-25(35)30(4)24-17-31(12-10-27)29-26(23)24)21(6-2)15-32(20)18(3)19-7-8-22-9-11-28-34(22)14-19/h7-9,11,13-14,17-18,20-21H,5-6,12,15-16H2,1-4H3/t18-,20+,21-/m0/s1. The summed E-state index contributed by atoms with van der Waals surface area (Å²) < 4.78 is 5.17. The number of hydrogen-bond donors (Lipinski definition) is 0. The topological polar surface area (TPSA) is 87.4 Å². The van der Waals surface area contributed by atoms with Crippen LogP contribution in [-0.2, 0) is 13.6 Å². The molecule has 0 amide bonds. The van der Waals surface area contributed by atoms with E-state index in [4.69, 9.17) is 10.4 Å². The van der Waals surface area contributed by atoms with Gasteiger partial charge in [0.05, 0.1) is 29.0 Å². The first-order valence-electron chi connectivity index (χ1n) is 12.3. The SMILES string of the molecule is CC[C@H]1CN([C@@H](C)c2ccc3ccnn3c2)[C@H](CC)CN1c1cc(=O)n(C)c2cn(CC#N)nc12. The molecule has 9 heteroatoms. The van der Waals surface area contributed by atoms with Crippen molar-refractivity contribution < 1.29 is 0 Å². The smallest absolute Gasteiger partial charge is 0.252 e. The molecule has 1 saturated heterocycles. The van der Waals surface area contributed by atoms with Crippen LogP contribution in [0.3, 0.4) is 0 Å². The van der Waals surface area contributed by atoms with E-state index in [9.17, 15) is 4.79 Å². The van der Waals surface area contributed by atoms with Crippen LogP contribution in [0.4, 0.5) is 5.69 Å². The van der Waals surface area contributed by atoms with Crippen molar-refractivity contribution >= 4 is 22.2 Å². The van der Waals surface area contributed by atoms with E-state index in [0.29, 0.717) is 6.04 Å². The number of pyridine rings is 2. The van der Waals surface area contributed by atoms with Gasteiger partial charge in [-0.25, -0.2) is 4.52 Å². The highest BCUT2D eigenvalue weighted by molar-refractivity contribution is 5.88. The van der Waals surface area contributed by atoms with Crippen molar-refractivity contribution in [2.24, 2.45) is 7.05 Å². The molecule has 5 heterocycles. The molecule has 1 fully saturated rings. The van der Waals surface area contributed by atoms with Crippen LogP contribution in [0, 0.1) is 11.3 Å². The van der Waals surface area contributed by atoms with Gasteiger partial charge < -0.3 is 9.47 Å². The molecule has 5 rings (SSSR count). The van der Waals surface area contributed by atoms with E-state index in [1.807, 2.05) is 16.8 Å². The molecular formula is C26H32N8O. The molecule has 182 valence electrons. The lowest BCUT2D eigenvalue weighted by atomic mass is 9.97. The molecule has 0 aromatic carbocycles. The van der Waals surface area contributed by atoms with Crippen molar-refractivity contribution in [3.63, 3.8) is 0 Å². The minimum Gasteiger partial charge on any atom is -0.364 e. The summed E-state index contributed by atoms with van der Waals surface area (Å²) in [5.41, 5.74) is 4.68. The molecule has 0 aliphatic carbocycles. The summed E-state index contributed by atoms with van der Waals surface area (Å²) in [5, 5.41) is 18.3. The molecule has 1 aliphatic rings. The van der Waals surface area contributed by atoms with Crippen LogP contribution >= 0.6 is 0 Å². The number of rotatable bonds is 6. The largest absolute Gasteiger partial charge is 0.364 e. The maximum Gasteiger partial charge on any atom is 0.252 e. The monoisotopic (exact) mass is 472 g/mol. The van der Waals surface area contributed by atoms with Crippen molar-refractivity contribution in [1.82, 2.24) is 28.9 Å². The van der Waals surface area contributed by atoms with Crippen LogP contribution < -0.4 is 10.5 Å². The Labute approximate surface area is 204 Å². The van der Waals surface area contributed by atoms with E-state index in [1.165, 1.54) is 5.56 Å². The third kappa shape index (κ3) is 3.98. The molecule has 0 unspecified atom stereocenters. The lowest BCUT2D eigenvalue weighted by molar-refractivity contribution is 0.101. The average Bonchev–Trinajstić information content (AvgIpc) is 3.52. The Bertz CT molecular complexity index is 1460. The van der Waals surface area contributed by atoms with Gasteiger partial charge >= 0.3 is 0 Å². The quantitative estimate of drug-likeness (QED) is 0.428. The van der Waals surface area contributed by atoms with Gasteiger partial charge in [0.15, 0.2) is 0 Å². The number of nitrogens with zero attached hydrogens (tertiary/aromatic N) is 8. The first-order valence-corrected chi connectivity index (χ1v) is 12.3. The summed E-state index contributed by atoms with van der Waals surface area (Å²) in [6, 6.07) is 11.0. The highest BCUT2D eigenvalue weighted by Gasteiger charge is 2.36. The summed E-state index contributed by atoms with van der Waals surface area (Å²) in [7, 11) is 1.76. The van der Waals surface area contributed by atoms with Crippen molar-refractivity contribution in [3.05, 3.63) is 58.8 Å². The first kappa shape index (κ1) is 23.1. The van der Waals surface area contributed by atoms with Crippen LogP contribution in [0.2, 0.25) is 0 Å². The second-order valence-electron chi connectivity index (χ2n) is 9.46. The molecule has 9 nitrogen and oxygen atoms in total. The maximum absolute atomic E-state index is 12.9. The van der Waals surface area contributed by atoms with Gasteiger partial charge in [0, 0.05) is 56.7 Å². The molecule has 0 bridgehead atoms. The first-order chi connectivity index (χ1) is 16.9. The van der Waals surface area contributed by atoms with Crippen molar-refractivity contribution in [2.45, 2.75) is 58.3 Å². The summed E-state index contributed by atoms with van der Waals surface area (Å²) in [4.78, 5) is 17.8. The van der Waals surface area contributed by atoms with Crippen LogP contribution in [0.25, 0.3) is 16.6 Å². The highest BCUT2D eigenvalue weighted by Crippen LogP contribution is 2.34. The third-order valence-corrected chi connectivity index (χ3v) is 7.56. The number of piperazine rings is 1. The predicted octanol–water partition coefficient (Wildman–Crippen LogP) is 3.35. The number of hydrogen-bond acceptors (Lipinski definition) is 6. The Kier molecular flexibility index (Phi) is 6.07. The summed E-state index contributed by atoms with van der Waals surface area (Å²) in [6.07, 6.45) is 7.71. The fraction of sp³-hybridized carbons (Fsp3) is 0.462. The Balaban J connectivity index is 1.51. The molecule has 4 aromatic rings. The lowest BCUT2D eigenvalue weighted by Gasteiger charge is -2.49. The Morgan fingerprint density at radius 3 is 2.69 bits per heavy atom. The summed E-state index contributed by atoms with van der Waals surface area (Å²) >= 11 is 0. The van der Waals surface area contributed by atoms with E-state index in [0.717, 1.165) is 48.2 Å². The minimum atomic E-state index is -0.0600. The van der Waals surface area contributed by atoms with Gasteiger partial charge in [-0.1, -0.05) is 19.9 Å². The zero-order valence-electron chi connectivity index (χ0n) is 20.8. The molecule has 0 N–H and O–H groups in total. The van der Waals surface area contributed by atoms with E-state index in [1.54, 1.807) is 28.6 Å². The maximum atomic E-state index is 12.9. The fourth-order valence-electron chi connectivity index (χ4n) is 5.44. The molecule has 0 spiro atoms. The van der Waals surface area contributed by atoms with Crippen molar-refractivity contribution in [2.75, 3.05) is 18.0 Å². The van der Waals surface area contributed by atoms with Crippen LogP contribution in [0.5, 0.6) is 0 Å². The second-order valence-corrected chi connectivity index (χ2v) is 9.46. The number of aromatic nitrogens is 5. The van der Waals surface area contributed by atoms with E-state index in [2.05, 4.69) is 60.1 Å². The Morgan fingerprint density at radius 2 is 1.94 bits per heavy atom. The minimum absolute atomic E-state index is 0.0600. The van der Waals surface area contributed by atoms with Gasteiger partial charge in [0.1, 0.15) is 12.1 Å². The van der Waals surface area contributed by atoms with Gasteiger partial charge in [-0.05, 0) is 37.5 Å². The predicted molar refractivity (Wildman–Crippen MR) is 136 cm³/mol. The summed E-state index contributed by atoms with van der Waals surface area (Å²) in [5.74, 6) is 0. The van der Waals surface area contributed by atoms with Crippen molar-refractivity contribution in [1.29, 1.82) is 5.26 Å². The van der Waals surface area contributed by atoms with Crippen LogP contribution in [-0.4, -0.2) is 54.0 Å². The third-order valence-electron chi connectivity index (χ3n) is 7.56. The molecule has 3 atom stereocenters. The van der Waals surface area contributed by atoms with Gasteiger partial charge in [-0.3, -0.25) is 14.4 Å². The van der Waals surface area contributed by atoms with E-state index < -0.39 is 0 Å². The number of fused-ring (bicyclic) bond motifs is 2. The zero-order chi connectivity index (χ0) is 24.7. The summed E-state index contributed by atoms with van der Waals surface area (Å²) in [6.45, 7) is 8.57. The van der Waals surface area contributed by atoms with E-state index >= 15 is 0 Å². The van der Waals surface area contributed by atoms with Crippen LogP contribution in [0.1, 0.15) is 45.2 Å². The lowest BCUT2D eigenvalue weighted by Crippen LogP contribution is -2.58. The number of nitriles is 1. The second kappa shape index (κ2) is 9.19. The van der Waals surface area contributed by atoms with Gasteiger partial charge in [-0.2, -0.15) is 15.5 Å². The zero-order valence-corrected chi connectivity index (χ0v) is 20.8. The van der Waals surface area contributed by atoms with Gasteiger partial charge in [0.25, 0.3) is 5.56 Å². The average molecular weight is 473 g/mol. The number of aryl methyl sites for hydroxylation is 1. The normalized spacial score (nSPS) is 19.9. The molecule has 0 radical (unpaired) electrons. The molecule has 35 heavy (non-hydrogen) atoms. The van der Waals surface area contributed by atoms with Crippen molar-refractivity contribution in [3.8, 4) is 6.07 Å². The van der Waals surface area contributed by atoms with Gasteiger partial charge in [-0.15, -0.1) is 0 Å². The molecule has 1 aliphatic heterocycles. The Hall–Kier alpha value is -3.64. The molecule has 4 aromatic heterocycles. The van der Waals surface area contributed by atoms with Crippen LogP contribution in [0.15, 0.2) is 47.7 Å². The Morgan fingerprint density at radius 1 is 1.14 bits per heavy atom. The van der Waals surface area contributed by atoms with E-state index in [-0.39, 0.29) is 24.2 Å². The highest BCUT2D eigenvalue weighted by atomic mass is 16.1. The fourth-order valence-corrected chi connectivity index (χ4v) is 5.44.